The summed E-state index contributed by atoms with van der Waals surface area (Å²) in [5.41, 5.74) is 0.346. The second kappa shape index (κ2) is 7.50. The van der Waals surface area contributed by atoms with Gasteiger partial charge < -0.3 is 4.98 Å². The van der Waals surface area contributed by atoms with Crippen molar-refractivity contribution in [1.29, 1.82) is 0 Å². The zero-order chi connectivity index (χ0) is 19.0. The predicted molar refractivity (Wildman–Crippen MR) is 103 cm³/mol. The quantitative estimate of drug-likeness (QED) is 0.402. The molecule has 0 saturated heterocycles. The van der Waals surface area contributed by atoms with Crippen molar-refractivity contribution in [3.05, 3.63) is 72.8 Å². The van der Waals surface area contributed by atoms with Gasteiger partial charge >= 0.3 is 0 Å². The molecule has 3 rings (SSSR count). The molecule has 134 valence electrons. The van der Waals surface area contributed by atoms with Crippen LogP contribution in [0.3, 0.4) is 0 Å². The van der Waals surface area contributed by atoms with E-state index in [9.17, 15) is 18.4 Å². The van der Waals surface area contributed by atoms with Gasteiger partial charge in [-0.15, -0.1) is 11.8 Å². The fourth-order valence-electron chi connectivity index (χ4n) is 2.58. The monoisotopic (exact) mass is 457 g/mol. The van der Waals surface area contributed by atoms with Crippen LogP contribution in [0.5, 0.6) is 0 Å². The number of H-pyrrole nitrogens is 1. The number of hydrogen-bond acceptors (Lipinski definition) is 3. The Morgan fingerprint density at radius 2 is 1.88 bits per heavy atom. The van der Waals surface area contributed by atoms with Crippen LogP contribution >= 0.6 is 39.3 Å². The maximum Gasteiger partial charge on any atom is 0.202 e. The molecule has 0 saturated carbocycles. The summed E-state index contributed by atoms with van der Waals surface area (Å²) in [6, 6.07) is 6.44. The van der Waals surface area contributed by atoms with Gasteiger partial charge in [-0.05, 0) is 52.7 Å². The van der Waals surface area contributed by atoms with E-state index in [1.165, 1.54) is 19.1 Å². The van der Waals surface area contributed by atoms with Crippen LogP contribution < -0.4 is 5.43 Å². The third kappa shape index (κ3) is 3.70. The molecule has 0 fully saturated rings. The number of nitrogens with one attached hydrogen (secondary N) is 1. The van der Waals surface area contributed by atoms with Crippen LogP contribution in [0.25, 0.3) is 10.9 Å². The number of ketones is 1. The molecule has 0 spiro atoms. The number of carbonyl (C=O) groups excluding carboxylic acids is 1. The first-order valence-corrected chi connectivity index (χ1v) is 9.56. The van der Waals surface area contributed by atoms with Gasteiger partial charge in [-0.25, -0.2) is 8.78 Å². The number of hydrogen-bond donors (Lipinski definition) is 1. The maximum absolute atomic E-state index is 13.3. The van der Waals surface area contributed by atoms with Gasteiger partial charge in [-0.3, -0.25) is 9.59 Å². The summed E-state index contributed by atoms with van der Waals surface area (Å²) in [5, 5.41) is 0.769. The highest BCUT2D eigenvalue weighted by Gasteiger charge is 2.19. The maximum atomic E-state index is 13.3. The topological polar surface area (TPSA) is 49.9 Å². The van der Waals surface area contributed by atoms with Crippen molar-refractivity contribution in [2.45, 2.75) is 17.7 Å². The van der Waals surface area contributed by atoms with Crippen molar-refractivity contribution >= 4 is 56.0 Å². The van der Waals surface area contributed by atoms with E-state index < -0.39 is 22.8 Å². The van der Waals surface area contributed by atoms with Crippen molar-refractivity contribution in [2.24, 2.45) is 0 Å². The van der Waals surface area contributed by atoms with Gasteiger partial charge in [0.2, 0.25) is 5.43 Å². The summed E-state index contributed by atoms with van der Waals surface area (Å²) in [5.74, 6) is -1.62. The second-order valence-corrected chi connectivity index (χ2v) is 7.81. The third-order valence-electron chi connectivity index (χ3n) is 3.68. The number of fused-ring (bicyclic) bond motifs is 1. The van der Waals surface area contributed by atoms with Crippen molar-refractivity contribution in [2.75, 3.05) is 0 Å². The number of carbonyl (C=O) groups is 1. The Labute approximate surface area is 164 Å². The average molecular weight is 459 g/mol. The molecule has 0 bridgehead atoms. The highest BCUT2D eigenvalue weighted by Crippen LogP contribution is 2.31. The lowest BCUT2D eigenvalue weighted by atomic mass is 10.1. The number of aromatic nitrogens is 1. The highest BCUT2D eigenvalue weighted by atomic mass is 79.9. The molecule has 3 aromatic rings. The fraction of sp³-hybridized carbons (Fsp3) is 0.111. The first-order chi connectivity index (χ1) is 12.3. The van der Waals surface area contributed by atoms with E-state index in [4.69, 9.17) is 11.6 Å². The van der Waals surface area contributed by atoms with E-state index in [0.29, 0.717) is 20.6 Å². The minimum atomic E-state index is -0.686. The number of aromatic amines is 1. The molecule has 0 aliphatic rings. The predicted octanol–water partition coefficient (Wildman–Crippen LogP) is 5.72. The molecule has 1 heterocycles. The Bertz CT molecular complexity index is 1080. The summed E-state index contributed by atoms with van der Waals surface area (Å²) in [6.45, 7) is 1.29. The SMILES string of the molecule is CC(=O)c1c(SCc2cc(F)cc(F)c2)[nH]c2c(Br)ccc(Cl)c2c1=O. The summed E-state index contributed by atoms with van der Waals surface area (Å²) in [7, 11) is 0. The molecule has 2 aromatic carbocycles. The largest absolute Gasteiger partial charge is 0.348 e. The zero-order valence-corrected chi connectivity index (χ0v) is 16.5. The van der Waals surface area contributed by atoms with Crippen LogP contribution in [-0.4, -0.2) is 10.8 Å². The number of benzene rings is 2. The van der Waals surface area contributed by atoms with Crippen LogP contribution in [-0.2, 0) is 5.75 Å². The summed E-state index contributed by atoms with van der Waals surface area (Å²) >= 11 is 10.6. The molecule has 0 radical (unpaired) electrons. The first-order valence-electron chi connectivity index (χ1n) is 7.40. The van der Waals surface area contributed by atoms with Crippen molar-refractivity contribution < 1.29 is 13.6 Å². The minimum Gasteiger partial charge on any atom is -0.348 e. The molecule has 26 heavy (non-hydrogen) atoms. The van der Waals surface area contributed by atoms with E-state index in [2.05, 4.69) is 20.9 Å². The Morgan fingerprint density at radius 1 is 1.23 bits per heavy atom. The Balaban J connectivity index is 2.12. The van der Waals surface area contributed by atoms with Gasteiger partial charge in [0.1, 0.15) is 11.6 Å². The Hall–Kier alpha value is -1.70. The summed E-state index contributed by atoms with van der Waals surface area (Å²) in [6.07, 6.45) is 0. The minimum absolute atomic E-state index is 0.0284. The Kier molecular flexibility index (Phi) is 5.50. The van der Waals surface area contributed by atoms with Crippen LogP contribution in [0.4, 0.5) is 8.78 Å². The van der Waals surface area contributed by atoms with Gasteiger partial charge in [0.15, 0.2) is 5.78 Å². The third-order valence-corrected chi connectivity index (χ3v) is 5.73. The summed E-state index contributed by atoms with van der Waals surface area (Å²) < 4.78 is 27.3. The molecule has 8 heteroatoms. The fourth-order valence-corrected chi connectivity index (χ4v) is 4.28. The smallest absolute Gasteiger partial charge is 0.202 e. The van der Waals surface area contributed by atoms with Gasteiger partial charge in [-0.2, -0.15) is 0 Å². The van der Waals surface area contributed by atoms with Gasteiger partial charge in [0, 0.05) is 16.3 Å². The average Bonchev–Trinajstić information content (AvgIpc) is 2.54. The highest BCUT2D eigenvalue weighted by molar-refractivity contribution is 9.10. The first kappa shape index (κ1) is 19.1. The van der Waals surface area contributed by atoms with Crippen LogP contribution in [0, 0.1) is 11.6 Å². The van der Waals surface area contributed by atoms with Gasteiger partial charge in [0.25, 0.3) is 0 Å². The molecule has 3 nitrogen and oxygen atoms in total. The second-order valence-electron chi connectivity index (χ2n) is 5.56. The van der Waals surface area contributed by atoms with Crippen LogP contribution in [0.1, 0.15) is 22.8 Å². The molecule has 1 aromatic heterocycles. The molecule has 0 unspecified atom stereocenters. The Morgan fingerprint density at radius 3 is 2.50 bits per heavy atom. The number of rotatable bonds is 4. The van der Waals surface area contributed by atoms with Gasteiger partial charge in [0.05, 0.1) is 26.5 Å². The van der Waals surface area contributed by atoms with Crippen LogP contribution in [0.15, 0.2) is 44.6 Å². The van der Waals surface area contributed by atoms with E-state index in [1.807, 2.05) is 0 Å². The lowest BCUT2D eigenvalue weighted by molar-refractivity contribution is 0.101. The molecule has 0 aliphatic carbocycles. The molecule has 0 atom stereocenters. The zero-order valence-electron chi connectivity index (χ0n) is 13.3. The molecular weight excluding hydrogens is 448 g/mol. The molecule has 0 amide bonds. The van der Waals surface area contributed by atoms with E-state index in [1.54, 1.807) is 12.1 Å². The van der Waals surface area contributed by atoms with Gasteiger partial charge in [-0.1, -0.05) is 11.6 Å². The molecule has 1 N–H and O–H groups in total. The number of thioether (sulfide) groups is 1. The van der Waals surface area contributed by atoms with E-state index in [-0.39, 0.29) is 21.7 Å². The van der Waals surface area contributed by atoms with Crippen LogP contribution in [0.2, 0.25) is 5.02 Å². The van der Waals surface area contributed by atoms with Crippen molar-refractivity contribution in [1.82, 2.24) is 4.98 Å². The normalized spacial score (nSPS) is 11.1. The summed E-state index contributed by atoms with van der Waals surface area (Å²) in [4.78, 5) is 27.9. The lowest BCUT2D eigenvalue weighted by Gasteiger charge is -2.11. The molecule has 0 aliphatic heterocycles. The lowest BCUT2D eigenvalue weighted by Crippen LogP contribution is -2.17. The van der Waals surface area contributed by atoms with Crippen molar-refractivity contribution in [3.63, 3.8) is 0 Å². The van der Waals surface area contributed by atoms with E-state index in [0.717, 1.165) is 17.8 Å². The standard InChI is InChI=1S/C18H11BrClF2NO2S/c1-8(24)14-17(25)15-13(20)3-2-12(19)16(15)23-18(14)26-7-9-4-10(21)6-11(22)5-9/h2-6H,7H2,1H3,(H,23,25). The number of halogens is 4. The molecular formula is C18H11BrClF2NO2S. The number of pyridine rings is 1. The van der Waals surface area contributed by atoms with Crippen molar-refractivity contribution in [3.8, 4) is 0 Å². The van der Waals surface area contributed by atoms with E-state index >= 15 is 0 Å². The number of Topliss-reactive ketones (excluding diaryl/α,β-unsaturated/α-hetero) is 1.